The van der Waals surface area contributed by atoms with E-state index in [-0.39, 0.29) is 24.1 Å². The molecular weight excluding hydrogens is 383 g/mol. The Kier molecular flexibility index (Phi) is 5.90. The maximum Gasteiger partial charge on any atom is 0.238 e. The summed E-state index contributed by atoms with van der Waals surface area (Å²) >= 11 is 0. The van der Waals surface area contributed by atoms with E-state index in [1.165, 1.54) is 11.6 Å². The SMILES string of the molecule is Cc1ccc(-c2noc(C3CCN(CC(=O)Nc4ccc(C)cc4F)CC3)n2)cc1. The third-order valence-electron chi connectivity index (χ3n) is 5.45. The number of halogens is 1. The topological polar surface area (TPSA) is 71.3 Å². The highest BCUT2D eigenvalue weighted by molar-refractivity contribution is 5.92. The minimum atomic E-state index is -0.414. The standard InChI is InChI=1S/C23H25FN4O2/c1-15-3-6-17(7-4-15)22-26-23(30-27-22)18-9-11-28(12-10-18)14-21(29)25-20-8-5-16(2)13-19(20)24/h3-8,13,18H,9-12,14H2,1-2H3,(H,25,29). The Bertz CT molecular complexity index is 1020. The van der Waals surface area contributed by atoms with Gasteiger partial charge >= 0.3 is 0 Å². The quantitative estimate of drug-likeness (QED) is 0.681. The summed E-state index contributed by atoms with van der Waals surface area (Å²) in [5, 5.41) is 6.78. The first-order valence-electron chi connectivity index (χ1n) is 10.2. The fourth-order valence-corrected chi connectivity index (χ4v) is 3.67. The second kappa shape index (κ2) is 8.75. The molecule has 2 aromatic carbocycles. The number of likely N-dealkylation sites (tertiary alicyclic amines) is 1. The van der Waals surface area contributed by atoms with E-state index in [9.17, 15) is 9.18 Å². The number of piperidine rings is 1. The first-order chi connectivity index (χ1) is 14.5. The lowest BCUT2D eigenvalue weighted by molar-refractivity contribution is -0.117. The van der Waals surface area contributed by atoms with Gasteiger partial charge in [-0.1, -0.05) is 41.1 Å². The number of carbonyl (C=O) groups is 1. The van der Waals surface area contributed by atoms with E-state index >= 15 is 0 Å². The molecule has 0 unspecified atom stereocenters. The van der Waals surface area contributed by atoms with Crippen LogP contribution < -0.4 is 5.32 Å². The van der Waals surface area contributed by atoms with Gasteiger partial charge in [-0.25, -0.2) is 4.39 Å². The normalized spacial score (nSPS) is 15.3. The van der Waals surface area contributed by atoms with Gasteiger partial charge in [0.05, 0.1) is 12.2 Å². The smallest absolute Gasteiger partial charge is 0.238 e. The minimum absolute atomic E-state index is 0.186. The molecule has 0 spiro atoms. The number of hydrogen-bond donors (Lipinski definition) is 1. The van der Waals surface area contributed by atoms with Gasteiger partial charge in [0.2, 0.25) is 17.6 Å². The van der Waals surface area contributed by atoms with Crippen molar-refractivity contribution >= 4 is 11.6 Å². The first kappa shape index (κ1) is 20.2. The molecule has 0 aliphatic carbocycles. The molecule has 0 bridgehead atoms. The second-order valence-electron chi connectivity index (χ2n) is 7.90. The van der Waals surface area contributed by atoms with Crippen LogP contribution in [0.15, 0.2) is 47.0 Å². The van der Waals surface area contributed by atoms with Crippen molar-refractivity contribution in [2.75, 3.05) is 25.0 Å². The van der Waals surface area contributed by atoms with Crippen LogP contribution in [0.4, 0.5) is 10.1 Å². The number of amides is 1. The van der Waals surface area contributed by atoms with Crippen molar-refractivity contribution in [3.63, 3.8) is 0 Å². The molecule has 1 aromatic heterocycles. The third kappa shape index (κ3) is 4.74. The van der Waals surface area contributed by atoms with E-state index in [0.29, 0.717) is 11.7 Å². The highest BCUT2D eigenvalue weighted by Gasteiger charge is 2.26. The second-order valence-corrected chi connectivity index (χ2v) is 7.90. The van der Waals surface area contributed by atoms with Crippen LogP contribution in [0.3, 0.4) is 0 Å². The maximum atomic E-state index is 13.9. The van der Waals surface area contributed by atoms with Gasteiger partial charge in [0.25, 0.3) is 0 Å². The van der Waals surface area contributed by atoms with Gasteiger partial charge < -0.3 is 9.84 Å². The maximum absolute atomic E-state index is 13.9. The molecule has 1 N–H and O–H groups in total. The number of nitrogens with zero attached hydrogens (tertiary/aromatic N) is 3. The van der Waals surface area contributed by atoms with Crippen molar-refractivity contribution in [1.82, 2.24) is 15.0 Å². The lowest BCUT2D eigenvalue weighted by Crippen LogP contribution is -2.38. The third-order valence-corrected chi connectivity index (χ3v) is 5.45. The van der Waals surface area contributed by atoms with Gasteiger partial charge in [0.15, 0.2) is 0 Å². The van der Waals surface area contributed by atoms with Crippen LogP contribution in [0, 0.1) is 19.7 Å². The molecule has 30 heavy (non-hydrogen) atoms. The molecule has 3 aromatic rings. The fraction of sp³-hybridized carbons (Fsp3) is 0.348. The Labute approximate surface area is 175 Å². The van der Waals surface area contributed by atoms with Gasteiger partial charge in [-0.2, -0.15) is 4.98 Å². The predicted molar refractivity (Wildman–Crippen MR) is 113 cm³/mol. The van der Waals surface area contributed by atoms with Crippen LogP contribution in [-0.2, 0) is 4.79 Å². The highest BCUT2D eigenvalue weighted by Crippen LogP contribution is 2.28. The summed E-state index contributed by atoms with van der Waals surface area (Å²) in [4.78, 5) is 18.9. The lowest BCUT2D eigenvalue weighted by Gasteiger charge is -2.29. The van der Waals surface area contributed by atoms with Crippen LogP contribution in [0.5, 0.6) is 0 Å². The Hall–Kier alpha value is -3.06. The van der Waals surface area contributed by atoms with Crippen molar-refractivity contribution in [2.45, 2.75) is 32.6 Å². The molecule has 0 radical (unpaired) electrons. The van der Waals surface area contributed by atoms with Gasteiger partial charge in [-0.3, -0.25) is 9.69 Å². The van der Waals surface area contributed by atoms with Crippen LogP contribution in [0.2, 0.25) is 0 Å². The molecule has 1 fully saturated rings. The van der Waals surface area contributed by atoms with E-state index in [1.807, 2.05) is 38.1 Å². The fourth-order valence-electron chi connectivity index (χ4n) is 3.67. The number of rotatable bonds is 5. The Morgan fingerprint density at radius 2 is 1.83 bits per heavy atom. The predicted octanol–water partition coefficient (Wildman–Crippen LogP) is 4.31. The number of nitrogens with one attached hydrogen (secondary N) is 1. The van der Waals surface area contributed by atoms with Crippen LogP contribution in [-0.4, -0.2) is 40.6 Å². The van der Waals surface area contributed by atoms with Gasteiger partial charge in [-0.15, -0.1) is 0 Å². The monoisotopic (exact) mass is 408 g/mol. The highest BCUT2D eigenvalue weighted by atomic mass is 19.1. The lowest BCUT2D eigenvalue weighted by atomic mass is 9.97. The molecule has 1 saturated heterocycles. The number of carbonyl (C=O) groups excluding carboxylic acids is 1. The van der Waals surface area contributed by atoms with E-state index in [4.69, 9.17) is 4.52 Å². The molecule has 1 amide bonds. The summed E-state index contributed by atoms with van der Waals surface area (Å²) in [6.07, 6.45) is 1.67. The van der Waals surface area contributed by atoms with Crippen LogP contribution in [0.1, 0.15) is 35.8 Å². The zero-order valence-corrected chi connectivity index (χ0v) is 17.2. The molecule has 0 atom stereocenters. The van der Waals surface area contributed by atoms with E-state index in [1.54, 1.807) is 12.1 Å². The average Bonchev–Trinajstić information content (AvgIpc) is 3.21. The van der Waals surface area contributed by atoms with Crippen LogP contribution in [0.25, 0.3) is 11.4 Å². The molecule has 2 heterocycles. The average molecular weight is 408 g/mol. The Morgan fingerprint density at radius 3 is 2.53 bits per heavy atom. The molecule has 1 aliphatic rings. The van der Waals surface area contributed by atoms with Crippen LogP contribution >= 0.6 is 0 Å². The van der Waals surface area contributed by atoms with Crippen molar-refractivity contribution in [2.24, 2.45) is 0 Å². The first-order valence-corrected chi connectivity index (χ1v) is 10.2. The summed E-state index contributed by atoms with van der Waals surface area (Å²) in [6.45, 7) is 5.58. The molecule has 156 valence electrons. The summed E-state index contributed by atoms with van der Waals surface area (Å²) in [6, 6.07) is 12.8. The molecule has 6 nitrogen and oxygen atoms in total. The summed E-state index contributed by atoms with van der Waals surface area (Å²) in [5.41, 5.74) is 3.16. The van der Waals surface area contributed by atoms with Gasteiger partial charge in [0.1, 0.15) is 5.82 Å². The molecule has 1 aliphatic heterocycles. The van der Waals surface area contributed by atoms with Crippen molar-refractivity contribution in [3.8, 4) is 11.4 Å². The number of benzene rings is 2. The summed E-state index contributed by atoms with van der Waals surface area (Å²) in [7, 11) is 0. The van der Waals surface area contributed by atoms with Crippen molar-refractivity contribution in [3.05, 3.63) is 65.3 Å². The van der Waals surface area contributed by atoms with E-state index < -0.39 is 5.82 Å². The number of hydrogen-bond acceptors (Lipinski definition) is 5. The van der Waals surface area contributed by atoms with Crippen molar-refractivity contribution in [1.29, 1.82) is 0 Å². The number of aryl methyl sites for hydroxylation is 2. The molecule has 0 saturated carbocycles. The zero-order chi connectivity index (χ0) is 21.1. The zero-order valence-electron chi connectivity index (χ0n) is 17.2. The molecule has 4 rings (SSSR count). The Balaban J connectivity index is 1.30. The number of anilines is 1. The summed E-state index contributed by atoms with van der Waals surface area (Å²) < 4.78 is 19.4. The minimum Gasteiger partial charge on any atom is -0.339 e. The number of aromatic nitrogens is 2. The van der Waals surface area contributed by atoms with E-state index in [0.717, 1.165) is 37.1 Å². The summed E-state index contributed by atoms with van der Waals surface area (Å²) in [5.74, 6) is 0.812. The van der Waals surface area contributed by atoms with E-state index in [2.05, 4.69) is 20.4 Å². The van der Waals surface area contributed by atoms with Gasteiger partial charge in [-0.05, 0) is 57.5 Å². The molecule has 7 heteroatoms. The van der Waals surface area contributed by atoms with Gasteiger partial charge in [0, 0.05) is 11.5 Å². The largest absolute Gasteiger partial charge is 0.339 e. The molecular formula is C23H25FN4O2. The van der Waals surface area contributed by atoms with Crippen molar-refractivity contribution < 1.29 is 13.7 Å². The Morgan fingerprint density at radius 1 is 1.13 bits per heavy atom.